The van der Waals surface area contributed by atoms with Crippen LogP contribution in [0.2, 0.25) is 0 Å². The lowest BCUT2D eigenvalue weighted by atomic mass is 10.2. The van der Waals surface area contributed by atoms with E-state index >= 15 is 0 Å². The van der Waals surface area contributed by atoms with Gasteiger partial charge in [-0.15, -0.1) is 24.8 Å². The first-order valence-corrected chi connectivity index (χ1v) is 5.18. The molecule has 0 aromatic heterocycles. The fourth-order valence-electron chi connectivity index (χ4n) is 1.76. The Balaban J connectivity index is 0. The van der Waals surface area contributed by atoms with Crippen molar-refractivity contribution >= 4 is 24.8 Å². The summed E-state index contributed by atoms with van der Waals surface area (Å²) in [6, 6.07) is -1.34. The van der Waals surface area contributed by atoms with Crippen LogP contribution < -0.4 is 5.73 Å². The molecule has 0 aromatic rings. The van der Waals surface area contributed by atoms with Gasteiger partial charge in [0.05, 0.1) is 0 Å². The van der Waals surface area contributed by atoms with Crippen LogP contribution in [0.25, 0.3) is 0 Å². The maximum absolute atomic E-state index is 12.4. The van der Waals surface area contributed by atoms with Crippen LogP contribution in [-0.4, -0.2) is 61.3 Å². The summed E-state index contributed by atoms with van der Waals surface area (Å²) in [5, 5.41) is 0. The van der Waals surface area contributed by atoms with Crippen molar-refractivity contribution in [1.29, 1.82) is 0 Å². The van der Waals surface area contributed by atoms with Crippen molar-refractivity contribution in [1.82, 2.24) is 9.80 Å². The molecule has 0 radical (unpaired) electrons. The average Bonchev–Trinajstić information content (AvgIpc) is 2.17. The molecule has 1 saturated heterocycles. The van der Waals surface area contributed by atoms with Crippen LogP contribution in [0, 0.1) is 0 Å². The van der Waals surface area contributed by atoms with Crippen molar-refractivity contribution in [2.75, 3.05) is 39.3 Å². The Morgan fingerprint density at radius 3 is 1.94 bits per heavy atom. The number of alkyl halides is 3. The highest BCUT2D eigenvalue weighted by Crippen LogP contribution is 2.25. The van der Waals surface area contributed by atoms with Gasteiger partial charge in [0.2, 0.25) is 0 Å². The summed E-state index contributed by atoms with van der Waals surface area (Å²) in [7, 11) is 0. The molecule has 1 aliphatic heterocycles. The first-order chi connectivity index (χ1) is 6.95. The highest BCUT2D eigenvalue weighted by Gasteiger charge is 2.40. The molecule has 1 rings (SSSR count). The Morgan fingerprint density at radius 1 is 1.12 bits per heavy atom. The monoisotopic (exact) mass is 297 g/mol. The second kappa shape index (κ2) is 8.37. The molecule has 1 aliphatic rings. The van der Waals surface area contributed by atoms with E-state index in [1.54, 1.807) is 0 Å². The van der Waals surface area contributed by atoms with E-state index < -0.39 is 12.2 Å². The van der Waals surface area contributed by atoms with Gasteiger partial charge >= 0.3 is 6.18 Å². The molecule has 2 N–H and O–H groups in total. The molecular weight excluding hydrogens is 278 g/mol. The minimum absolute atomic E-state index is 0. The molecule has 0 bridgehead atoms. The molecule has 0 aliphatic carbocycles. The zero-order chi connectivity index (χ0) is 11.5. The van der Waals surface area contributed by atoms with Gasteiger partial charge in [-0.05, 0) is 6.92 Å². The second-order valence-electron chi connectivity index (χ2n) is 3.88. The third-order valence-corrected chi connectivity index (χ3v) is 2.87. The standard InChI is InChI=1S/C9H18F3N3.2ClH/c1-8(9(10,11)12)15-6-4-14(3-2-13)5-7-15;;/h8H,2-7,13H2,1H3;2*1H. The predicted octanol–water partition coefficient (Wildman–Crippen LogP) is 1.36. The molecular formula is C9H20Cl2F3N3. The number of nitrogens with zero attached hydrogens (tertiary/aromatic N) is 2. The summed E-state index contributed by atoms with van der Waals surface area (Å²) < 4.78 is 37.2. The summed E-state index contributed by atoms with van der Waals surface area (Å²) in [4.78, 5) is 3.58. The van der Waals surface area contributed by atoms with Crippen LogP contribution in [0.3, 0.4) is 0 Å². The molecule has 0 saturated carbocycles. The third-order valence-electron chi connectivity index (χ3n) is 2.87. The van der Waals surface area contributed by atoms with Crippen LogP contribution in [0.15, 0.2) is 0 Å². The minimum Gasteiger partial charge on any atom is -0.329 e. The van der Waals surface area contributed by atoms with Crippen molar-refractivity contribution < 1.29 is 13.2 Å². The first-order valence-electron chi connectivity index (χ1n) is 5.18. The lowest BCUT2D eigenvalue weighted by Gasteiger charge is -2.38. The zero-order valence-electron chi connectivity index (χ0n) is 9.74. The molecule has 1 atom stereocenters. The van der Waals surface area contributed by atoms with Gasteiger partial charge in [-0.3, -0.25) is 9.80 Å². The highest BCUT2D eigenvalue weighted by molar-refractivity contribution is 5.85. The summed E-state index contributed by atoms with van der Waals surface area (Å²) in [6.45, 7) is 4.86. The fourth-order valence-corrected chi connectivity index (χ4v) is 1.76. The smallest absolute Gasteiger partial charge is 0.329 e. The lowest BCUT2D eigenvalue weighted by molar-refractivity contribution is -0.182. The second-order valence-corrected chi connectivity index (χ2v) is 3.88. The molecule has 106 valence electrons. The van der Waals surface area contributed by atoms with Crippen LogP contribution in [0.1, 0.15) is 6.92 Å². The van der Waals surface area contributed by atoms with E-state index in [0.29, 0.717) is 32.7 Å². The SMILES string of the molecule is CC(N1CCN(CCN)CC1)C(F)(F)F.Cl.Cl. The van der Waals surface area contributed by atoms with Gasteiger partial charge in [0.25, 0.3) is 0 Å². The minimum atomic E-state index is -4.12. The molecule has 17 heavy (non-hydrogen) atoms. The van der Waals surface area contributed by atoms with Gasteiger partial charge in [-0.25, -0.2) is 0 Å². The van der Waals surface area contributed by atoms with Crippen LogP contribution in [0.4, 0.5) is 13.2 Å². The number of hydrogen-bond donors (Lipinski definition) is 1. The van der Waals surface area contributed by atoms with Crippen molar-refractivity contribution in [3.05, 3.63) is 0 Å². The van der Waals surface area contributed by atoms with Gasteiger partial charge in [0.15, 0.2) is 0 Å². The fraction of sp³-hybridized carbons (Fsp3) is 1.00. The van der Waals surface area contributed by atoms with Gasteiger partial charge in [0, 0.05) is 39.3 Å². The molecule has 0 amide bonds. The van der Waals surface area contributed by atoms with Crippen molar-refractivity contribution in [2.24, 2.45) is 5.73 Å². The van der Waals surface area contributed by atoms with E-state index in [1.165, 1.54) is 11.8 Å². The maximum Gasteiger partial charge on any atom is 0.403 e. The number of nitrogens with two attached hydrogens (primary N) is 1. The number of halogens is 5. The quantitative estimate of drug-likeness (QED) is 0.854. The Kier molecular flexibility index (Phi) is 9.64. The van der Waals surface area contributed by atoms with E-state index in [0.717, 1.165) is 6.54 Å². The van der Waals surface area contributed by atoms with E-state index in [1.807, 2.05) is 0 Å². The Morgan fingerprint density at radius 2 is 1.59 bits per heavy atom. The van der Waals surface area contributed by atoms with E-state index in [2.05, 4.69) is 4.90 Å². The number of rotatable bonds is 3. The first kappa shape index (κ1) is 19.6. The molecule has 0 spiro atoms. The van der Waals surface area contributed by atoms with E-state index in [9.17, 15) is 13.2 Å². The normalized spacial score (nSPS) is 20.3. The van der Waals surface area contributed by atoms with Crippen LogP contribution in [-0.2, 0) is 0 Å². The van der Waals surface area contributed by atoms with Gasteiger partial charge in [-0.1, -0.05) is 0 Å². The maximum atomic E-state index is 12.4. The zero-order valence-corrected chi connectivity index (χ0v) is 11.4. The van der Waals surface area contributed by atoms with Gasteiger partial charge in [-0.2, -0.15) is 13.2 Å². The molecule has 1 unspecified atom stereocenters. The molecule has 1 fully saturated rings. The Bertz CT molecular complexity index is 196. The third kappa shape index (κ3) is 6.10. The lowest BCUT2D eigenvalue weighted by Crippen LogP contribution is -2.54. The van der Waals surface area contributed by atoms with Crippen molar-refractivity contribution in [3.63, 3.8) is 0 Å². The average molecular weight is 298 g/mol. The predicted molar refractivity (Wildman–Crippen MR) is 67.1 cm³/mol. The highest BCUT2D eigenvalue weighted by atomic mass is 35.5. The molecule has 8 heteroatoms. The summed E-state index contributed by atoms with van der Waals surface area (Å²) in [5.74, 6) is 0. The van der Waals surface area contributed by atoms with E-state index in [-0.39, 0.29) is 24.8 Å². The van der Waals surface area contributed by atoms with Crippen molar-refractivity contribution in [3.8, 4) is 0 Å². The summed E-state index contributed by atoms with van der Waals surface area (Å²) in [5.41, 5.74) is 5.39. The van der Waals surface area contributed by atoms with E-state index in [4.69, 9.17) is 5.73 Å². The topological polar surface area (TPSA) is 32.5 Å². The molecule has 3 nitrogen and oxygen atoms in total. The van der Waals surface area contributed by atoms with Crippen LogP contribution in [0.5, 0.6) is 0 Å². The van der Waals surface area contributed by atoms with Gasteiger partial charge < -0.3 is 5.73 Å². The largest absolute Gasteiger partial charge is 0.403 e. The Hall–Kier alpha value is 0.250. The summed E-state index contributed by atoms with van der Waals surface area (Å²) in [6.07, 6.45) is -4.12. The van der Waals surface area contributed by atoms with Crippen molar-refractivity contribution in [2.45, 2.75) is 19.1 Å². The van der Waals surface area contributed by atoms with Crippen LogP contribution >= 0.6 is 24.8 Å². The molecule has 0 aromatic carbocycles. The Labute approximate surface area is 112 Å². The number of piperazine rings is 1. The molecule has 1 heterocycles. The number of hydrogen-bond acceptors (Lipinski definition) is 3. The van der Waals surface area contributed by atoms with Gasteiger partial charge in [0.1, 0.15) is 6.04 Å². The summed E-state index contributed by atoms with van der Waals surface area (Å²) >= 11 is 0.